The number of likely N-dealkylation sites (tertiary alicyclic amines) is 1. The van der Waals surface area contributed by atoms with Gasteiger partial charge in [-0.05, 0) is 54.3 Å². The molecule has 1 aliphatic rings. The Labute approximate surface area is 204 Å². The van der Waals surface area contributed by atoms with Gasteiger partial charge in [-0.15, -0.1) is 0 Å². The SMILES string of the molecule is CC(NC(=O)c1cccc2ccc(C(C)C)cc12)C(=O)N1CCCC1B(O)O.CSC(=O)S. The van der Waals surface area contributed by atoms with Gasteiger partial charge in [-0.2, -0.15) is 0 Å². The highest BCUT2D eigenvalue weighted by Crippen LogP contribution is 2.25. The normalized spacial score (nSPS) is 16.2. The monoisotopic (exact) mass is 490 g/mol. The van der Waals surface area contributed by atoms with Crippen LogP contribution < -0.4 is 5.32 Å². The van der Waals surface area contributed by atoms with Gasteiger partial charge in [0.15, 0.2) is 0 Å². The van der Waals surface area contributed by atoms with Crippen molar-refractivity contribution in [3.8, 4) is 0 Å². The third-order valence-electron chi connectivity index (χ3n) is 5.64. The molecule has 2 amide bonds. The van der Waals surface area contributed by atoms with Crippen LogP contribution in [0.5, 0.6) is 0 Å². The van der Waals surface area contributed by atoms with Crippen molar-refractivity contribution < 1.29 is 24.4 Å². The second-order valence-corrected chi connectivity index (χ2v) is 9.75. The number of nitrogens with zero attached hydrogens (tertiary/aromatic N) is 1. The minimum absolute atomic E-state index is 0.134. The number of amides is 2. The highest BCUT2D eigenvalue weighted by atomic mass is 32.2. The fourth-order valence-corrected chi connectivity index (χ4v) is 3.81. The fourth-order valence-electron chi connectivity index (χ4n) is 3.81. The molecule has 1 aliphatic heterocycles. The van der Waals surface area contributed by atoms with E-state index in [0.29, 0.717) is 24.4 Å². The molecule has 0 saturated carbocycles. The summed E-state index contributed by atoms with van der Waals surface area (Å²) < 4.78 is -0.134. The molecular weight excluding hydrogens is 459 g/mol. The number of nitrogens with one attached hydrogen (secondary N) is 1. The number of rotatable bonds is 5. The second kappa shape index (κ2) is 12.5. The lowest BCUT2D eigenvalue weighted by Gasteiger charge is -2.27. The second-order valence-electron chi connectivity index (χ2n) is 8.26. The van der Waals surface area contributed by atoms with Crippen molar-refractivity contribution in [2.75, 3.05) is 12.8 Å². The zero-order chi connectivity index (χ0) is 24.7. The molecule has 2 unspecified atom stereocenters. The van der Waals surface area contributed by atoms with Crippen molar-refractivity contribution in [3.05, 3.63) is 47.5 Å². The summed E-state index contributed by atoms with van der Waals surface area (Å²) >= 11 is 4.53. The Morgan fingerprint density at radius 1 is 1.18 bits per heavy atom. The van der Waals surface area contributed by atoms with Crippen molar-refractivity contribution >= 4 is 58.5 Å². The number of fused-ring (bicyclic) bond motifs is 1. The van der Waals surface area contributed by atoms with Crippen LogP contribution in [0.2, 0.25) is 0 Å². The van der Waals surface area contributed by atoms with Crippen molar-refractivity contribution in [2.24, 2.45) is 0 Å². The summed E-state index contributed by atoms with van der Waals surface area (Å²) in [6.07, 6.45) is 2.96. The molecule has 0 aliphatic carbocycles. The van der Waals surface area contributed by atoms with Gasteiger partial charge in [-0.3, -0.25) is 14.4 Å². The standard InChI is InChI=1S/C21H27BN2O4.C2H4OS2/c1-13(2)16-10-9-15-6-4-7-17(18(15)12-16)20(25)23-14(3)21(26)24-11-5-8-19(24)22(27)28;1-5-2(3)4/h4,6-7,9-10,12-14,19,27-28H,5,8,11H2,1-3H3,(H,23,25);1H3,(H,3,4). The number of carbonyl (C=O) groups excluding carboxylic acids is 3. The third kappa shape index (κ3) is 7.24. The molecule has 3 rings (SSSR count). The van der Waals surface area contributed by atoms with Gasteiger partial charge >= 0.3 is 7.12 Å². The molecule has 0 aromatic heterocycles. The number of thioether (sulfide) groups is 1. The molecule has 7 nitrogen and oxygen atoms in total. The molecule has 2 atom stereocenters. The van der Waals surface area contributed by atoms with E-state index < -0.39 is 19.1 Å². The number of carbonyl (C=O) groups is 3. The van der Waals surface area contributed by atoms with Gasteiger partial charge in [0, 0.05) is 12.1 Å². The largest absolute Gasteiger partial charge is 0.475 e. The summed E-state index contributed by atoms with van der Waals surface area (Å²) in [5.41, 5.74) is 1.67. The van der Waals surface area contributed by atoms with E-state index in [4.69, 9.17) is 0 Å². The van der Waals surface area contributed by atoms with Gasteiger partial charge in [0.25, 0.3) is 5.91 Å². The first kappa shape index (κ1) is 27.2. The van der Waals surface area contributed by atoms with Gasteiger partial charge in [0.2, 0.25) is 10.4 Å². The topological polar surface area (TPSA) is 107 Å². The van der Waals surface area contributed by atoms with Crippen LogP contribution in [0.3, 0.4) is 0 Å². The maximum atomic E-state index is 12.9. The molecule has 0 spiro atoms. The molecule has 0 bridgehead atoms. The van der Waals surface area contributed by atoms with E-state index in [1.165, 1.54) is 4.90 Å². The maximum Gasteiger partial charge on any atom is 0.475 e. The summed E-state index contributed by atoms with van der Waals surface area (Å²) in [6, 6.07) is 10.9. The molecule has 178 valence electrons. The molecule has 3 N–H and O–H groups in total. The lowest BCUT2D eigenvalue weighted by Crippen LogP contribution is -2.52. The Kier molecular flexibility index (Phi) is 10.3. The first-order valence-corrected chi connectivity index (χ1v) is 12.5. The highest BCUT2D eigenvalue weighted by molar-refractivity contribution is 8.31. The average Bonchev–Trinajstić information content (AvgIpc) is 3.28. The van der Waals surface area contributed by atoms with Crippen LogP contribution in [0.4, 0.5) is 4.79 Å². The van der Waals surface area contributed by atoms with E-state index in [1.54, 1.807) is 19.2 Å². The predicted molar refractivity (Wildman–Crippen MR) is 138 cm³/mol. The Morgan fingerprint density at radius 2 is 1.85 bits per heavy atom. The maximum absolute atomic E-state index is 12.9. The number of hydrogen-bond donors (Lipinski definition) is 4. The van der Waals surface area contributed by atoms with Crippen LogP contribution in [0.25, 0.3) is 10.8 Å². The van der Waals surface area contributed by atoms with Crippen LogP contribution in [0.1, 0.15) is 55.5 Å². The van der Waals surface area contributed by atoms with Gasteiger partial charge < -0.3 is 20.3 Å². The summed E-state index contributed by atoms with van der Waals surface area (Å²) in [5.74, 6) is -0.879. The van der Waals surface area contributed by atoms with Crippen LogP contribution in [0, 0.1) is 0 Å². The van der Waals surface area contributed by atoms with E-state index in [9.17, 15) is 24.4 Å². The van der Waals surface area contributed by atoms with E-state index in [1.807, 2.05) is 24.3 Å². The summed E-state index contributed by atoms with van der Waals surface area (Å²) in [7, 11) is -1.57. The molecule has 0 radical (unpaired) electrons. The van der Waals surface area contributed by atoms with Crippen molar-refractivity contribution in [2.45, 2.75) is 51.5 Å². The molecule has 2 aromatic carbocycles. The zero-order valence-corrected chi connectivity index (χ0v) is 21.0. The number of benzene rings is 2. The van der Waals surface area contributed by atoms with Crippen molar-refractivity contribution in [1.29, 1.82) is 0 Å². The fraction of sp³-hybridized carbons (Fsp3) is 0.435. The quantitative estimate of drug-likeness (QED) is 0.378. The average molecular weight is 490 g/mol. The predicted octanol–water partition coefficient (Wildman–Crippen LogP) is 3.48. The van der Waals surface area contributed by atoms with Crippen LogP contribution in [0.15, 0.2) is 36.4 Å². The van der Waals surface area contributed by atoms with Crippen LogP contribution >= 0.6 is 24.4 Å². The highest BCUT2D eigenvalue weighted by Gasteiger charge is 2.38. The Bertz CT molecular complexity index is 1000. The van der Waals surface area contributed by atoms with Gasteiger partial charge in [-0.1, -0.05) is 68.6 Å². The van der Waals surface area contributed by atoms with E-state index in [0.717, 1.165) is 34.5 Å². The van der Waals surface area contributed by atoms with Crippen molar-refractivity contribution in [1.82, 2.24) is 10.2 Å². The van der Waals surface area contributed by atoms with Crippen LogP contribution in [-0.4, -0.2) is 63.1 Å². The minimum atomic E-state index is -1.57. The van der Waals surface area contributed by atoms with Gasteiger partial charge in [0.1, 0.15) is 6.04 Å². The zero-order valence-electron chi connectivity index (χ0n) is 19.3. The lowest BCUT2D eigenvalue weighted by atomic mass is 9.78. The Balaban J connectivity index is 0.000000696. The third-order valence-corrected chi connectivity index (χ3v) is 6.53. The van der Waals surface area contributed by atoms with Gasteiger partial charge in [-0.25, -0.2) is 0 Å². The molecule has 10 heteroatoms. The Hall–Kier alpha value is -2.01. The number of thiol groups is 1. The summed E-state index contributed by atoms with van der Waals surface area (Å²) in [5, 5.41) is 23.6. The lowest BCUT2D eigenvalue weighted by molar-refractivity contribution is -0.132. The van der Waals surface area contributed by atoms with Gasteiger partial charge in [0.05, 0.1) is 5.94 Å². The summed E-state index contributed by atoms with van der Waals surface area (Å²) in [4.78, 5) is 36.7. The Morgan fingerprint density at radius 3 is 2.42 bits per heavy atom. The molecule has 1 fully saturated rings. The molecule has 1 heterocycles. The molecule has 1 saturated heterocycles. The van der Waals surface area contributed by atoms with Crippen molar-refractivity contribution in [3.63, 3.8) is 0 Å². The number of hydrogen-bond acceptors (Lipinski definition) is 6. The molecule has 33 heavy (non-hydrogen) atoms. The van der Waals surface area contributed by atoms with E-state index in [-0.39, 0.29) is 16.3 Å². The first-order chi connectivity index (χ1) is 15.6. The smallest absolute Gasteiger partial charge is 0.426 e. The molecular formula is C23H31BN2O5S2. The minimum Gasteiger partial charge on any atom is -0.426 e. The van der Waals surface area contributed by atoms with E-state index >= 15 is 0 Å². The van der Waals surface area contributed by atoms with E-state index in [2.05, 4.69) is 37.9 Å². The molecule has 2 aromatic rings. The summed E-state index contributed by atoms with van der Waals surface area (Å²) in [6.45, 7) is 6.30. The van der Waals surface area contributed by atoms with Crippen LogP contribution in [-0.2, 0) is 4.79 Å². The first-order valence-electron chi connectivity index (χ1n) is 10.8.